The van der Waals surface area contributed by atoms with Crippen molar-refractivity contribution in [2.45, 2.75) is 19.4 Å². The Labute approximate surface area is 147 Å². The van der Waals surface area contributed by atoms with E-state index in [-0.39, 0.29) is 11.4 Å². The van der Waals surface area contributed by atoms with Gasteiger partial charge in [0.1, 0.15) is 18.1 Å². The minimum absolute atomic E-state index is 0.00498. The summed E-state index contributed by atoms with van der Waals surface area (Å²) in [4.78, 5) is 37.6. The van der Waals surface area contributed by atoms with Crippen molar-refractivity contribution >= 4 is 23.5 Å². The predicted octanol–water partition coefficient (Wildman–Crippen LogP) is 2.27. The molecule has 0 radical (unpaired) electrons. The molecule has 1 atom stereocenters. The van der Waals surface area contributed by atoms with Crippen molar-refractivity contribution in [2.75, 3.05) is 11.9 Å². The van der Waals surface area contributed by atoms with E-state index in [0.717, 1.165) is 23.1 Å². The Bertz CT molecular complexity index is 911. The van der Waals surface area contributed by atoms with Gasteiger partial charge in [-0.25, -0.2) is 13.6 Å². The van der Waals surface area contributed by atoms with Gasteiger partial charge in [-0.3, -0.25) is 14.5 Å². The maximum Gasteiger partial charge on any atom is 0.325 e. The second kappa shape index (κ2) is 6.25. The first-order chi connectivity index (χ1) is 12.2. The highest BCUT2D eigenvalue weighted by molar-refractivity contribution is 6.10. The van der Waals surface area contributed by atoms with Crippen molar-refractivity contribution in [2.24, 2.45) is 0 Å². The summed E-state index contributed by atoms with van der Waals surface area (Å²) in [6, 6.07) is 5.28. The number of benzene rings is 1. The van der Waals surface area contributed by atoms with Gasteiger partial charge >= 0.3 is 6.03 Å². The molecule has 9 heteroatoms. The van der Waals surface area contributed by atoms with Crippen LogP contribution in [-0.4, -0.2) is 29.3 Å². The Hall–Kier alpha value is -3.23. The number of furan rings is 1. The Kier molecular flexibility index (Phi) is 4.23. The lowest BCUT2D eigenvalue weighted by molar-refractivity contribution is -0.134. The van der Waals surface area contributed by atoms with E-state index in [2.05, 4.69) is 10.6 Å². The number of anilines is 1. The second-order valence-electron chi connectivity index (χ2n) is 6.03. The number of hydrogen-bond donors (Lipinski definition) is 2. The number of amides is 4. The van der Waals surface area contributed by atoms with Crippen LogP contribution in [0.2, 0.25) is 0 Å². The lowest BCUT2D eigenvalue weighted by Crippen LogP contribution is -2.41. The number of carbonyl (C=O) groups is 3. The summed E-state index contributed by atoms with van der Waals surface area (Å²) < 4.78 is 31.5. The van der Waals surface area contributed by atoms with E-state index >= 15 is 0 Å². The van der Waals surface area contributed by atoms with E-state index in [9.17, 15) is 23.2 Å². The third kappa shape index (κ3) is 3.03. The number of hydrogen-bond acceptors (Lipinski definition) is 4. The summed E-state index contributed by atoms with van der Waals surface area (Å²) in [5.41, 5.74) is -1.42. The molecule has 1 saturated heterocycles. The molecule has 0 unspecified atom stereocenters. The Morgan fingerprint density at radius 2 is 1.96 bits per heavy atom. The molecule has 0 saturated carbocycles. The van der Waals surface area contributed by atoms with E-state index in [1.54, 1.807) is 19.1 Å². The van der Waals surface area contributed by atoms with Crippen LogP contribution >= 0.6 is 0 Å². The van der Waals surface area contributed by atoms with Gasteiger partial charge in [0.15, 0.2) is 17.2 Å². The molecule has 26 heavy (non-hydrogen) atoms. The van der Waals surface area contributed by atoms with Crippen molar-refractivity contribution in [1.29, 1.82) is 0 Å². The van der Waals surface area contributed by atoms with Crippen LogP contribution in [0.5, 0.6) is 0 Å². The summed E-state index contributed by atoms with van der Waals surface area (Å²) in [5.74, 6) is -2.76. The van der Waals surface area contributed by atoms with E-state index in [1.165, 1.54) is 6.92 Å². The van der Waals surface area contributed by atoms with Crippen molar-refractivity contribution < 1.29 is 27.6 Å². The van der Waals surface area contributed by atoms with Gasteiger partial charge in [-0.05, 0) is 38.1 Å². The third-order valence-electron chi connectivity index (χ3n) is 4.01. The molecule has 0 spiro atoms. The quantitative estimate of drug-likeness (QED) is 0.815. The zero-order valence-electron chi connectivity index (χ0n) is 13.9. The highest BCUT2D eigenvalue weighted by atomic mass is 19.2. The minimum Gasteiger partial charge on any atom is -0.463 e. The van der Waals surface area contributed by atoms with Crippen LogP contribution in [0.1, 0.15) is 18.4 Å². The number of halogens is 2. The molecule has 4 amide bonds. The zero-order chi connectivity index (χ0) is 19.1. The fourth-order valence-corrected chi connectivity index (χ4v) is 2.63. The fraction of sp³-hybridized carbons (Fsp3) is 0.235. The van der Waals surface area contributed by atoms with E-state index in [4.69, 9.17) is 4.42 Å². The van der Waals surface area contributed by atoms with Gasteiger partial charge in [0.2, 0.25) is 5.91 Å². The van der Waals surface area contributed by atoms with Gasteiger partial charge in [-0.1, -0.05) is 0 Å². The van der Waals surface area contributed by atoms with Gasteiger partial charge in [-0.15, -0.1) is 0 Å². The summed E-state index contributed by atoms with van der Waals surface area (Å²) in [7, 11) is 0. The summed E-state index contributed by atoms with van der Waals surface area (Å²) >= 11 is 0. The summed E-state index contributed by atoms with van der Waals surface area (Å²) in [6.45, 7) is 2.58. The number of nitrogens with one attached hydrogen (secondary N) is 2. The standard InChI is InChI=1S/C17H15F2N3O4/c1-9-3-6-13(26-9)17(2)15(24)22(16(25)21-17)8-14(23)20-10-4-5-11(18)12(19)7-10/h3-7H,8H2,1-2H3,(H,20,23)(H,21,25)/t17-/m0/s1. The molecule has 1 aliphatic heterocycles. The number of carbonyl (C=O) groups excluding carboxylic acids is 3. The molecule has 2 N–H and O–H groups in total. The maximum atomic E-state index is 13.2. The van der Waals surface area contributed by atoms with Crippen molar-refractivity contribution in [3.05, 3.63) is 53.5 Å². The minimum atomic E-state index is -1.42. The van der Waals surface area contributed by atoms with Crippen LogP contribution in [0, 0.1) is 18.6 Å². The van der Waals surface area contributed by atoms with Crippen LogP contribution in [0.25, 0.3) is 0 Å². The average molecular weight is 363 g/mol. The van der Waals surface area contributed by atoms with Gasteiger partial charge in [0.25, 0.3) is 5.91 Å². The molecule has 0 bridgehead atoms. The molecule has 3 rings (SSSR count). The first kappa shape index (κ1) is 17.6. The molecule has 1 aromatic carbocycles. The molecule has 136 valence electrons. The number of imide groups is 1. The van der Waals surface area contributed by atoms with Gasteiger partial charge in [0, 0.05) is 11.8 Å². The van der Waals surface area contributed by atoms with Gasteiger partial charge in [-0.2, -0.15) is 0 Å². The smallest absolute Gasteiger partial charge is 0.325 e. The Balaban J connectivity index is 1.73. The number of urea groups is 1. The summed E-state index contributed by atoms with van der Waals surface area (Å²) in [5, 5.41) is 4.81. The molecular weight excluding hydrogens is 348 g/mol. The molecular formula is C17H15F2N3O4. The molecule has 1 fully saturated rings. The van der Waals surface area contributed by atoms with Crippen LogP contribution in [-0.2, 0) is 15.1 Å². The van der Waals surface area contributed by atoms with E-state index in [1.807, 2.05) is 0 Å². The van der Waals surface area contributed by atoms with Gasteiger partial charge in [0.05, 0.1) is 0 Å². The molecule has 2 aromatic rings. The highest BCUT2D eigenvalue weighted by Gasteiger charge is 2.51. The SMILES string of the molecule is Cc1ccc([C@]2(C)NC(=O)N(CC(=O)Nc3ccc(F)c(F)c3)C2=O)o1. The molecule has 7 nitrogen and oxygen atoms in total. The van der Waals surface area contributed by atoms with Crippen molar-refractivity contribution in [1.82, 2.24) is 10.2 Å². The fourth-order valence-electron chi connectivity index (χ4n) is 2.63. The second-order valence-corrected chi connectivity index (χ2v) is 6.03. The normalized spacial score (nSPS) is 19.6. The van der Waals surface area contributed by atoms with Crippen molar-refractivity contribution in [3.63, 3.8) is 0 Å². The first-order valence-corrected chi connectivity index (χ1v) is 7.66. The zero-order valence-corrected chi connectivity index (χ0v) is 13.9. The Morgan fingerprint density at radius 1 is 1.23 bits per heavy atom. The van der Waals surface area contributed by atoms with Crippen LogP contribution < -0.4 is 10.6 Å². The average Bonchev–Trinajstić information content (AvgIpc) is 3.09. The predicted molar refractivity (Wildman–Crippen MR) is 86.0 cm³/mol. The number of rotatable bonds is 4. The van der Waals surface area contributed by atoms with E-state index in [0.29, 0.717) is 5.76 Å². The maximum absolute atomic E-state index is 13.2. The Morgan fingerprint density at radius 3 is 2.58 bits per heavy atom. The van der Waals surface area contributed by atoms with Gasteiger partial charge < -0.3 is 15.1 Å². The number of nitrogens with zero attached hydrogens (tertiary/aromatic N) is 1. The largest absolute Gasteiger partial charge is 0.463 e. The van der Waals surface area contributed by atoms with E-state index < -0.39 is 41.6 Å². The molecule has 1 aliphatic rings. The third-order valence-corrected chi connectivity index (χ3v) is 4.01. The topological polar surface area (TPSA) is 91.7 Å². The summed E-state index contributed by atoms with van der Waals surface area (Å²) in [6.07, 6.45) is 0. The monoisotopic (exact) mass is 363 g/mol. The lowest BCUT2D eigenvalue weighted by Gasteiger charge is -2.19. The lowest BCUT2D eigenvalue weighted by atomic mass is 9.99. The molecule has 1 aromatic heterocycles. The molecule has 2 heterocycles. The highest BCUT2D eigenvalue weighted by Crippen LogP contribution is 2.30. The molecule has 0 aliphatic carbocycles. The van der Waals surface area contributed by atoms with Crippen molar-refractivity contribution in [3.8, 4) is 0 Å². The van der Waals surface area contributed by atoms with Crippen LogP contribution in [0.4, 0.5) is 19.3 Å². The number of aryl methyl sites for hydroxylation is 1. The van der Waals surface area contributed by atoms with Crippen LogP contribution in [0.15, 0.2) is 34.7 Å². The first-order valence-electron chi connectivity index (χ1n) is 7.66. The van der Waals surface area contributed by atoms with Crippen LogP contribution in [0.3, 0.4) is 0 Å².